The lowest BCUT2D eigenvalue weighted by Gasteiger charge is -2.08. The van der Waals surface area contributed by atoms with Crippen molar-refractivity contribution in [2.75, 3.05) is 13.2 Å². The van der Waals surface area contributed by atoms with E-state index in [9.17, 15) is 27.2 Å². The Labute approximate surface area is 484 Å². The number of nitrogens with zero attached hydrogens (tertiary/aromatic N) is 2. The van der Waals surface area contributed by atoms with Gasteiger partial charge < -0.3 is 24.4 Å². The van der Waals surface area contributed by atoms with Crippen LogP contribution in [-0.2, 0) is 9.59 Å². The monoisotopic (exact) mass is 1120 g/mol. The number of benzene rings is 8. The van der Waals surface area contributed by atoms with Crippen molar-refractivity contribution in [2.45, 2.75) is 103 Å². The van der Waals surface area contributed by atoms with E-state index in [1.807, 2.05) is 97.1 Å². The van der Waals surface area contributed by atoms with E-state index < -0.39 is 17.6 Å². The van der Waals surface area contributed by atoms with Crippen LogP contribution >= 0.6 is 0 Å². The maximum Gasteiger partial charge on any atom is 0.311 e. The third-order valence-electron chi connectivity index (χ3n) is 13.4. The highest BCUT2D eigenvalue weighted by molar-refractivity contribution is 5.73. The molecule has 0 aliphatic heterocycles. The quantitative estimate of drug-likeness (QED) is 0.0222. The zero-order valence-corrected chi connectivity index (χ0v) is 46.4. The number of carboxylic acid groups (broad SMARTS) is 1. The Kier molecular flexibility index (Phi) is 26.4. The second-order valence-corrected chi connectivity index (χ2v) is 19.8. The van der Waals surface area contributed by atoms with Crippen LogP contribution in [0.4, 0.5) is 17.6 Å². The van der Waals surface area contributed by atoms with Crippen molar-refractivity contribution in [3.05, 3.63) is 216 Å². The molecule has 9 nitrogen and oxygen atoms in total. The number of unbranched alkanes of at least 4 members (excludes halogenated alkanes) is 12. The number of nitriles is 2. The smallest absolute Gasteiger partial charge is 0.311 e. The van der Waals surface area contributed by atoms with Gasteiger partial charge in [0.2, 0.25) is 0 Å². The predicted octanol–water partition coefficient (Wildman–Crippen LogP) is 18.4. The molecule has 0 bridgehead atoms. The van der Waals surface area contributed by atoms with Crippen molar-refractivity contribution < 1.29 is 51.6 Å². The van der Waals surface area contributed by atoms with Gasteiger partial charge in [0, 0.05) is 36.1 Å². The maximum atomic E-state index is 14.5. The van der Waals surface area contributed by atoms with Gasteiger partial charge in [0.25, 0.3) is 0 Å². The van der Waals surface area contributed by atoms with E-state index in [-0.39, 0.29) is 35.5 Å². The summed E-state index contributed by atoms with van der Waals surface area (Å²) in [5.41, 5.74) is 7.46. The zero-order chi connectivity index (χ0) is 59.0. The second kappa shape index (κ2) is 34.8. The number of halogens is 4. The van der Waals surface area contributed by atoms with Crippen LogP contribution in [0.25, 0.3) is 44.5 Å². The lowest BCUT2D eigenvalue weighted by Crippen LogP contribution is -2.07. The number of hydrogen-bond donors (Lipinski definition) is 2. The van der Waals surface area contributed by atoms with E-state index >= 15 is 0 Å². The Hall–Kier alpha value is -9.20. The van der Waals surface area contributed by atoms with Crippen molar-refractivity contribution in [2.24, 2.45) is 0 Å². The number of phenols is 1. The molecule has 0 aromatic heterocycles. The van der Waals surface area contributed by atoms with Crippen LogP contribution in [-0.4, -0.2) is 35.4 Å². The highest BCUT2D eigenvalue weighted by Crippen LogP contribution is 2.29. The molecule has 13 heteroatoms. The molecule has 0 unspecified atom stereocenters. The number of carboxylic acids is 1. The fourth-order valence-corrected chi connectivity index (χ4v) is 8.83. The molecule has 0 aliphatic rings. The molecule has 83 heavy (non-hydrogen) atoms. The summed E-state index contributed by atoms with van der Waals surface area (Å²) >= 11 is 0. The second-order valence-electron chi connectivity index (χ2n) is 19.8. The van der Waals surface area contributed by atoms with Crippen LogP contribution in [0, 0.1) is 45.9 Å². The van der Waals surface area contributed by atoms with Crippen LogP contribution in [0.2, 0.25) is 0 Å². The number of esters is 1. The molecule has 8 aromatic rings. The number of aromatic hydroxyl groups is 1. The Morgan fingerprint density at radius 2 is 0.723 bits per heavy atom. The molecule has 0 heterocycles. The lowest BCUT2D eigenvalue weighted by molar-refractivity contribution is -0.137. The number of carbonyl (C=O) groups excluding carboxylic acids is 1. The Morgan fingerprint density at radius 3 is 1.11 bits per heavy atom. The van der Waals surface area contributed by atoms with Crippen molar-refractivity contribution in [3.63, 3.8) is 0 Å². The number of rotatable bonds is 27. The van der Waals surface area contributed by atoms with Gasteiger partial charge in [-0.15, -0.1) is 0 Å². The predicted molar refractivity (Wildman–Crippen MR) is 317 cm³/mol. The minimum absolute atomic E-state index is 0.127. The summed E-state index contributed by atoms with van der Waals surface area (Å²) in [4.78, 5) is 22.6. The van der Waals surface area contributed by atoms with Crippen molar-refractivity contribution in [3.8, 4) is 79.6 Å². The van der Waals surface area contributed by atoms with Crippen molar-refractivity contribution in [1.29, 1.82) is 10.5 Å². The molecule has 8 rings (SSSR count). The Balaban J connectivity index is 0.000000224. The van der Waals surface area contributed by atoms with Gasteiger partial charge in [-0.2, -0.15) is 10.5 Å². The van der Waals surface area contributed by atoms with Gasteiger partial charge in [-0.3, -0.25) is 9.59 Å². The van der Waals surface area contributed by atoms with E-state index in [0.29, 0.717) is 46.4 Å². The standard InChI is InChI=1S/C35H33F2NO3.C23H27NO3.C12H8F2O/c36-30-17-13-29(14-18-30)33-22-21-32(24-34(33)37)41-35(39)8-6-4-2-1-3-5-7-23-40-31-19-15-28(16-20-31)27-11-9-26(25-38)10-12-27;24-18-19-9-11-20(12-10-19)21-13-15-22(16-14-21)27-17-7-5-3-1-2-4-6-8-23(25)26;13-9-3-1-8(2-4-9)11-6-5-10(15)7-12(11)14/h9-22,24H,1-8,23H2;9-16H,1-8,17H2,(H,25,26);1-7,15H. The van der Waals surface area contributed by atoms with Gasteiger partial charge in [0.15, 0.2) is 0 Å². The number of aliphatic carboxylic acids is 1. The highest BCUT2D eigenvalue weighted by atomic mass is 19.1. The minimum atomic E-state index is -0.697. The molecule has 0 amide bonds. The first-order valence-corrected chi connectivity index (χ1v) is 28.1. The van der Waals surface area contributed by atoms with Crippen LogP contribution in [0.15, 0.2) is 182 Å². The lowest BCUT2D eigenvalue weighted by atomic mass is 10.0. The largest absolute Gasteiger partial charge is 0.508 e. The molecule has 428 valence electrons. The number of ether oxygens (including phenoxy) is 3. The van der Waals surface area contributed by atoms with Crippen LogP contribution in [0.5, 0.6) is 23.0 Å². The molecule has 8 aromatic carbocycles. The molecule has 0 saturated carbocycles. The third kappa shape index (κ3) is 22.7. The first-order chi connectivity index (χ1) is 40.4. The summed E-state index contributed by atoms with van der Waals surface area (Å²) in [6.45, 7) is 1.39. The topological polar surface area (TPSA) is 150 Å². The molecule has 0 saturated heterocycles. The van der Waals surface area contributed by atoms with E-state index in [1.54, 1.807) is 6.07 Å². The average Bonchev–Trinajstić information content (AvgIpc) is 3.53. The average molecular weight is 1130 g/mol. The van der Waals surface area contributed by atoms with Crippen LogP contribution < -0.4 is 14.2 Å². The highest BCUT2D eigenvalue weighted by Gasteiger charge is 2.11. The molecule has 0 fully saturated rings. The van der Waals surface area contributed by atoms with Gasteiger partial charge >= 0.3 is 11.9 Å². The molecule has 0 aliphatic carbocycles. The minimum Gasteiger partial charge on any atom is -0.508 e. The summed E-state index contributed by atoms with van der Waals surface area (Å²) in [6.07, 6.45) is 15.0. The van der Waals surface area contributed by atoms with Gasteiger partial charge in [-0.1, -0.05) is 137 Å². The third-order valence-corrected chi connectivity index (χ3v) is 13.4. The van der Waals surface area contributed by atoms with Gasteiger partial charge in [0.05, 0.1) is 36.5 Å². The van der Waals surface area contributed by atoms with E-state index in [0.717, 1.165) is 123 Å². The van der Waals surface area contributed by atoms with Crippen molar-refractivity contribution >= 4 is 11.9 Å². The SMILES string of the molecule is N#Cc1ccc(-c2ccc(OCCCCCCCCCC(=O)O)cc2)cc1.N#Cc1ccc(-c2ccc(OCCCCCCCCCC(=O)Oc3ccc(-c4ccc(F)cc4)c(F)c3)cc2)cc1.Oc1ccc(-c2ccc(F)cc2)c(F)c1. The van der Waals surface area contributed by atoms with Gasteiger partial charge in [-0.25, -0.2) is 17.6 Å². The summed E-state index contributed by atoms with van der Waals surface area (Å²) in [5, 5.41) is 35.4. The number of carbonyl (C=O) groups is 2. The normalized spacial score (nSPS) is 10.5. The Morgan fingerprint density at radius 1 is 0.386 bits per heavy atom. The maximum absolute atomic E-state index is 14.5. The molecule has 2 N–H and O–H groups in total. The fourth-order valence-electron chi connectivity index (χ4n) is 8.83. The molecule has 0 spiro atoms. The van der Waals surface area contributed by atoms with E-state index in [2.05, 4.69) is 12.1 Å². The van der Waals surface area contributed by atoms with Crippen LogP contribution in [0.1, 0.15) is 114 Å². The summed E-state index contributed by atoms with van der Waals surface area (Å²) in [6, 6.07) is 54.6. The Bertz CT molecular complexity index is 3320. The molecular weight excluding hydrogens is 1060 g/mol. The number of hydrogen-bond acceptors (Lipinski definition) is 8. The molecule has 0 atom stereocenters. The van der Waals surface area contributed by atoms with E-state index in [4.69, 9.17) is 34.9 Å². The first kappa shape index (κ1) is 63.0. The van der Waals surface area contributed by atoms with E-state index in [1.165, 1.54) is 85.6 Å². The fraction of sp³-hybridized carbons (Fsp3) is 0.257. The molecular formula is C70H68F4N2O7. The zero-order valence-electron chi connectivity index (χ0n) is 46.4. The van der Waals surface area contributed by atoms with Gasteiger partial charge in [-0.05, 0) is 156 Å². The van der Waals surface area contributed by atoms with Gasteiger partial charge in [0.1, 0.15) is 46.3 Å². The summed E-state index contributed by atoms with van der Waals surface area (Å²) in [5.74, 6) is -1.10. The van der Waals surface area contributed by atoms with Crippen molar-refractivity contribution in [1.82, 2.24) is 0 Å². The number of phenolic OH excluding ortho intramolecular Hbond substituents is 1. The van der Waals surface area contributed by atoms with Crippen LogP contribution in [0.3, 0.4) is 0 Å². The molecule has 0 radical (unpaired) electrons. The summed E-state index contributed by atoms with van der Waals surface area (Å²) in [7, 11) is 0. The first-order valence-electron chi connectivity index (χ1n) is 28.1. The summed E-state index contributed by atoms with van der Waals surface area (Å²) < 4.78 is 70.5.